The number of carboxylic acids is 2. The highest BCUT2D eigenvalue weighted by Gasteiger charge is 2.39. The zero-order valence-corrected chi connectivity index (χ0v) is 20.2. The number of aromatic nitrogens is 1. The standard InChI is InChI=1S/C19H23N3O3.2C2HF3O2/c23-19(17-4-2-9-24-17)22-7-5-16-13-21(8-10-25-18(16)14-22)12-15-3-1-6-20-11-15;2*3-2(4,5)1(6)7/h1-4,6,9,11,16,18H,5,7-8,10,12-14H2;2*(H,6,7)/t16-,18-;;/m1../s1. The molecule has 39 heavy (non-hydrogen) atoms. The van der Waals surface area contributed by atoms with Crippen LogP contribution in [0, 0.1) is 5.92 Å². The highest BCUT2D eigenvalue weighted by Crippen LogP contribution is 2.26. The number of alkyl halides is 6. The Kier molecular flexibility index (Phi) is 11.3. The van der Waals surface area contributed by atoms with Crippen LogP contribution in [0.15, 0.2) is 47.3 Å². The number of ether oxygens (including phenoxy) is 1. The molecule has 2 atom stereocenters. The van der Waals surface area contributed by atoms with Crippen molar-refractivity contribution < 1.29 is 60.1 Å². The van der Waals surface area contributed by atoms with Crippen LogP contribution in [0.5, 0.6) is 0 Å². The lowest BCUT2D eigenvalue weighted by molar-refractivity contribution is -0.193. The number of rotatable bonds is 3. The maximum Gasteiger partial charge on any atom is 0.490 e. The largest absolute Gasteiger partial charge is 0.490 e. The number of fused-ring (bicyclic) bond motifs is 1. The molecule has 2 N–H and O–H groups in total. The second-order valence-corrected chi connectivity index (χ2v) is 8.39. The van der Waals surface area contributed by atoms with Gasteiger partial charge in [0.15, 0.2) is 5.76 Å². The molecule has 2 saturated heterocycles. The van der Waals surface area contributed by atoms with E-state index in [2.05, 4.69) is 16.0 Å². The molecule has 10 nitrogen and oxygen atoms in total. The smallest absolute Gasteiger partial charge is 0.475 e. The van der Waals surface area contributed by atoms with Crippen LogP contribution in [-0.4, -0.2) is 94.1 Å². The molecule has 0 saturated carbocycles. The average molecular weight is 569 g/mol. The van der Waals surface area contributed by atoms with Crippen molar-refractivity contribution in [2.75, 3.05) is 32.8 Å². The molecule has 0 unspecified atom stereocenters. The summed E-state index contributed by atoms with van der Waals surface area (Å²) in [4.78, 5) is 38.8. The molecule has 2 aromatic rings. The van der Waals surface area contributed by atoms with Crippen LogP contribution in [0.4, 0.5) is 26.3 Å². The van der Waals surface area contributed by atoms with Gasteiger partial charge < -0.3 is 24.3 Å². The summed E-state index contributed by atoms with van der Waals surface area (Å²) in [7, 11) is 0. The maximum atomic E-state index is 12.5. The van der Waals surface area contributed by atoms with E-state index < -0.39 is 24.3 Å². The maximum absolute atomic E-state index is 12.5. The molecular formula is C23H25F6N3O7. The summed E-state index contributed by atoms with van der Waals surface area (Å²) in [6.45, 7) is 4.91. The van der Waals surface area contributed by atoms with Gasteiger partial charge in [-0.2, -0.15) is 26.3 Å². The van der Waals surface area contributed by atoms with E-state index in [0.717, 1.165) is 32.6 Å². The first-order valence-electron chi connectivity index (χ1n) is 11.3. The molecule has 4 rings (SSSR count). The van der Waals surface area contributed by atoms with Crippen molar-refractivity contribution in [3.05, 3.63) is 54.2 Å². The van der Waals surface area contributed by atoms with Crippen molar-refractivity contribution in [3.63, 3.8) is 0 Å². The van der Waals surface area contributed by atoms with E-state index in [1.54, 1.807) is 24.6 Å². The van der Waals surface area contributed by atoms with Gasteiger partial charge in [0.2, 0.25) is 0 Å². The second kappa shape index (κ2) is 13.9. The summed E-state index contributed by atoms with van der Waals surface area (Å²) in [6.07, 6.45) is -3.84. The van der Waals surface area contributed by atoms with Gasteiger partial charge in [0.25, 0.3) is 5.91 Å². The van der Waals surface area contributed by atoms with E-state index in [1.165, 1.54) is 5.56 Å². The number of halogens is 6. The van der Waals surface area contributed by atoms with E-state index in [4.69, 9.17) is 29.0 Å². The fraction of sp³-hybridized carbons (Fsp3) is 0.478. The Balaban J connectivity index is 0.000000317. The van der Waals surface area contributed by atoms with Crippen LogP contribution >= 0.6 is 0 Å². The molecule has 0 aromatic carbocycles. The Morgan fingerprint density at radius 3 is 2.13 bits per heavy atom. The Bertz CT molecular complexity index is 1040. The van der Waals surface area contributed by atoms with Crippen molar-refractivity contribution in [3.8, 4) is 0 Å². The zero-order chi connectivity index (χ0) is 29.2. The number of hydrogen-bond acceptors (Lipinski definition) is 7. The molecule has 2 aliphatic heterocycles. The molecule has 0 bridgehead atoms. The number of nitrogens with zero attached hydrogens (tertiary/aromatic N) is 3. The minimum atomic E-state index is -5.08. The van der Waals surface area contributed by atoms with Crippen molar-refractivity contribution in [1.82, 2.24) is 14.8 Å². The summed E-state index contributed by atoms with van der Waals surface area (Å²) in [6, 6.07) is 7.56. The van der Waals surface area contributed by atoms with Gasteiger partial charge in [-0.3, -0.25) is 14.7 Å². The molecule has 2 aromatic heterocycles. The molecule has 216 valence electrons. The van der Waals surface area contributed by atoms with Crippen molar-refractivity contribution >= 4 is 17.8 Å². The fourth-order valence-electron chi connectivity index (χ4n) is 3.75. The van der Waals surface area contributed by atoms with Crippen LogP contribution in [-0.2, 0) is 20.9 Å². The van der Waals surface area contributed by atoms with E-state index >= 15 is 0 Å². The zero-order valence-electron chi connectivity index (χ0n) is 20.2. The Hall–Kier alpha value is -3.66. The average Bonchev–Trinajstić information content (AvgIpc) is 3.32. The Morgan fingerprint density at radius 2 is 1.62 bits per heavy atom. The van der Waals surface area contributed by atoms with Crippen molar-refractivity contribution in [2.45, 2.75) is 31.4 Å². The number of piperidine rings is 1. The topological polar surface area (TPSA) is 133 Å². The minimum Gasteiger partial charge on any atom is -0.475 e. The van der Waals surface area contributed by atoms with Crippen molar-refractivity contribution in [2.24, 2.45) is 5.92 Å². The first-order chi connectivity index (χ1) is 18.2. The second-order valence-electron chi connectivity index (χ2n) is 8.39. The van der Waals surface area contributed by atoms with Gasteiger partial charge in [-0.15, -0.1) is 0 Å². The first kappa shape index (κ1) is 31.6. The number of furan rings is 1. The lowest BCUT2D eigenvalue weighted by Gasteiger charge is -2.37. The van der Waals surface area contributed by atoms with Crippen LogP contribution < -0.4 is 0 Å². The third kappa shape index (κ3) is 10.6. The van der Waals surface area contributed by atoms with Crippen molar-refractivity contribution in [1.29, 1.82) is 0 Å². The SMILES string of the molecule is O=C(O)C(F)(F)F.O=C(O)C(F)(F)F.O=C(c1ccco1)N1CC[C@@H]2CN(Cc3cccnc3)CCO[C@@H]2C1. The van der Waals surface area contributed by atoms with Crippen LogP contribution in [0.3, 0.4) is 0 Å². The molecular weight excluding hydrogens is 544 g/mol. The highest BCUT2D eigenvalue weighted by molar-refractivity contribution is 5.91. The van der Waals surface area contributed by atoms with Crippen LogP contribution in [0.2, 0.25) is 0 Å². The quantitative estimate of drug-likeness (QED) is 0.534. The predicted octanol–water partition coefficient (Wildman–Crippen LogP) is 3.30. The normalized spacial score (nSPS) is 19.8. The van der Waals surface area contributed by atoms with Gasteiger partial charge in [-0.1, -0.05) is 6.07 Å². The lowest BCUT2D eigenvalue weighted by atomic mass is 9.93. The summed E-state index contributed by atoms with van der Waals surface area (Å²) < 4.78 is 74.8. The number of aliphatic carboxylic acids is 2. The van der Waals surface area contributed by atoms with E-state index in [-0.39, 0.29) is 12.0 Å². The highest BCUT2D eigenvalue weighted by atomic mass is 19.4. The van der Waals surface area contributed by atoms with Crippen LogP contribution in [0.25, 0.3) is 0 Å². The number of carbonyl (C=O) groups is 3. The van der Waals surface area contributed by atoms with E-state index in [0.29, 0.717) is 24.8 Å². The Labute approximate surface area is 217 Å². The van der Waals surface area contributed by atoms with Gasteiger partial charge in [0, 0.05) is 51.0 Å². The number of likely N-dealkylation sites (tertiary alicyclic amines) is 1. The molecule has 2 fully saturated rings. The summed E-state index contributed by atoms with van der Waals surface area (Å²) >= 11 is 0. The third-order valence-electron chi connectivity index (χ3n) is 5.56. The Morgan fingerprint density at radius 1 is 0.974 bits per heavy atom. The minimum absolute atomic E-state index is 0.0384. The van der Waals surface area contributed by atoms with Gasteiger partial charge in [0.1, 0.15) is 0 Å². The van der Waals surface area contributed by atoms with Crippen LogP contribution in [0.1, 0.15) is 22.5 Å². The summed E-state index contributed by atoms with van der Waals surface area (Å²) in [5.41, 5.74) is 1.23. The third-order valence-corrected chi connectivity index (χ3v) is 5.56. The van der Waals surface area contributed by atoms with Gasteiger partial charge >= 0.3 is 24.3 Å². The summed E-state index contributed by atoms with van der Waals surface area (Å²) in [5.74, 6) is -4.69. The van der Waals surface area contributed by atoms with E-state index in [9.17, 15) is 31.1 Å². The van der Waals surface area contributed by atoms with Gasteiger partial charge in [-0.05, 0) is 30.2 Å². The van der Waals surface area contributed by atoms with Gasteiger partial charge in [0.05, 0.1) is 19.0 Å². The number of pyridine rings is 1. The number of amides is 1. The molecule has 1 amide bonds. The van der Waals surface area contributed by atoms with Gasteiger partial charge in [-0.25, -0.2) is 9.59 Å². The number of hydrogen-bond donors (Lipinski definition) is 2. The molecule has 0 radical (unpaired) electrons. The first-order valence-corrected chi connectivity index (χ1v) is 11.3. The summed E-state index contributed by atoms with van der Waals surface area (Å²) in [5, 5.41) is 14.2. The molecule has 0 spiro atoms. The fourth-order valence-corrected chi connectivity index (χ4v) is 3.75. The number of carbonyl (C=O) groups excluding carboxylic acids is 1. The molecule has 0 aliphatic carbocycles. The monoisotopic (exact) mass is 569 g/mol. The molecule has 2 aliphatic rings. The molecule has 4 heterocycles. The lowest BCUT2D eigenvalue weighted by Crippen LogP contribution is -2.49. The van der Waals surface area contributed by atoms with E-state index in [1.807, 2.05) is 17.2 Å². The predicted molar refractivity (Wildman–Crippen MR) is 119 cm³/mol. The number of carboxylic acid groups (broad SMARTS) is 2. The molecule has 16 heteroatoms.